The van der Waals surface area contributed by atoms with Crippen LogP contribution in [0.25, 0.3) is 11.5 Å². The number of aliphatic hydroxyl groups excluding tert-OH is 1. The molecule has 0 bridgehead atoms. The van der Waals surface area contributed by atoms with E-state index in [4.69, 9.17) is 4.42 Å². The maximum Gasteiger partial charge on any atom is 0.226 e. The van der Waals surface area contributed by atoms with Crippen molar-refractivity contribution in [1.82, 2.24) is 4.98 Å². The van der Waals surface area contributed by atoms with Gasteiger partial charge in [0.1, 0.15) is 5.76 Å². The first-order valence-corrected chi connectivity index (χ1v) is 8.40. The predicted molar refractivity (Wildman–Crippen MR) is 92.7 cm³/mol. The van der Waals surface area contributed by atoms with Crippen LogP contribution in [0.2, 0.25) is 0 Å². The first-order valence-electron chi connectivity index (χ1n) is 7.59. The van der Waals surface area contributed by atoms with E-state index in [0.29, 0.717) is 5.89 Å². The Morgan fingerprint density at radius 3 is 2.35 bits per heavy atom. The molecule has 3 nitrogen and oxygen atoms in total. The van der Waals surface area contributed by atoms with Gasteiger partial charge in [0.15, 0.2) is 0 Å². The lowest BCUT2D eigenvalue weighted by Gasteiger charge is -2.03. The molecule has 23 heavy (non-hydrogen) atoms. The molecule has 0 radical (unpaired) electrons. The van der Waals surface area contributed by atoms with Gasteiger partial charge in [-0.3, -0.25) is 0 Å². The van der Waals surface area contributed by atoms with Crippen molar-refractivity contribution in [2.45, 2.75) is 29.6 Å². The number of aromatic nitrogens is 1. The Kier molecular flexibility index (Phi) is 4.84. The van der Waals surface area contributed by atoms with Gasteiger partial charge in [0.2, 0.25) is 5.89 Å². The van der Waals surface area contributed by atoms with Crippen molar-refractivity contribution >= 4 is 11.8 Å². The third-order valence-corrected chi connectivity index (χ3v) is 4.67. The lowest BCUT2D eigenvalue weighted by Crippen LogP contribution is -2.00. The fourth-order valence-electron chi connectivity index (χ4n) is 2.37. The van der Waals surface area contributed by atoms with Crippen molar-refractivity contribution in [3.05, 3.63) is 66.1 Å². The van der Waals surface area contributed by atoms with Crippen molar-refractivity contribution < 1.29 is 9.52 Å². The highest BCUT2D eigenvalue weighted by molar-refractivity contribution is 7.99. The topological polar surface area (TPSA) is 46.3 Å². The molecule has 1 atom stereocenters. The molecule has 0 aliphatic heterocycles. The molecule has 3 aromatic rings. The summed E-state index contributed by atoms with van der Waals surface area (Å²) >= 11 is 1.72. The molecular formula is C19H19NO2S. The summed E-state index contributed by atoms with van der Waals surface area (Å²) in [6, 6.07) is 18.5. The summed E-state index contributed by atoms with van der Waals surface area (Å²) in [5, 5.41) is 9.28. The lowest BCUT2D eigenvalue weighted by molar-refractivity contribution is 0.270. The zero-order valence-electron chi connectivity index (χ0n) is 13.2. The standard InChI is InChI=1S/C19H19NO2S/c1-13(12-21)18-14(2)22-19(20-18)15-8-10-17(11-9-15)23-16-6-4-3-5-7-16/h3-11,13,21H,12H2,1-2H3. The molecule has 4 heteroatoms. The normalized spacial score (nSPS) is 12.3. The van der Waals surface area contributed by atoms with Crippen molar-refractivity contribution in [3.8, 4) is 11.5 Å². The molecule has 0 saturated carbocycles. The molecule has 1 aromatic heterocycles. The van der Waals surface area contributed by atoms with Gasteiger partial charge in [-0.15, -0.1) is 0 Å². The zero-order chi connectivity index (χ0) is 16.2. The Morgan fingerprint density at radius 2 is 1.70 bits per heavy atom. The van der Waals surface area contributed by atoms with Crippen molar-refractivity contribution in [3.63, 3.8) is 0 Å². The van der Waals surface area contributed by atoms with E-state index in [1.54, 1.807) is 11.8 Å². The summed E-state index contributed by atoms with van der Waals surface area (Å²) in [7, 11) is 0. The molecule has 1 N–H and O–H groups in total. The Balaban J connectivity index is 1.80. The highest BCUT2D eigenvalue weighted by atomic mass is 32.2. The van der Waals surface area contributed by atoms with Crippen LogP contribution in [-0.4, -0.2) is 16.7 Å². The molecule has 1 unspecified atom stereocenters. The minimum atomic E-state index is -0.0135. The van der Waals surface area contributed by atoms with E-state index >= 15 is 0 Å². The number of hydrogen-bond donors (Lipinski definition) is 1. The quantitative estimate of drug-likeness (QED) is 0.725. The second-order valence-electron chi connectivity index (χ2n) is 5.48. The number of oxazole rings is 1. The SMILES string of the molecule is Cc1oc(-c2ccc(Sc3ccccc3)cc2)nc1C(C)CO. The van der Waals surface area contributed by atoms with Crippen LogP contribution in [0.5, 0.6) is 0 Å². The molecule has 0 aliphatic carbocycles. The van der Waals surface area contributed by atoms with Gasteiger partial charge in [-0.2, -0.15) is 0 Å². The lowest BCUT2D eigenvalue weighted by atomic mass is 10.1. The van der Waals surface area contributed by atoms with Crippen LogP contribution in [0.4, 0.5) is 0 Å². The first-order chi connectivity index (χ1) is 11.2. The molecule has 0 saturated heterocycles. The Bertz CT molecular complexity index is 766. The smallest absolute Gasteiger partial charge is 0.226 e. The van der Waals surface area contributed by atoms with E-state index in [9.17, 15) is 5.11 Å². The van der Waals surface area contributed by atoms with Crippen molar-refractivity contribution in [1.29, 1.82) is 0 Å². The summed E-state index contributed by atoms with van der Waals surface area (Å²) in [6.45, 7) is 3.89. The highest BCUT2D eigenvalue weighted by Crippen LogP contribution is 2.30. The summed E-state index contributed by atoms with van der Waals surface area (Å²) in [5.74, 6) is 1.36. The summed E-state index contributed by atoms with van der Waals surface area (Å²) < 4.78 is 5.75. The second kappa shape index (κ2) is 7.02. The molecular weight excluding hydrogens is 306 g/mol. The fraction of sp³-hybridized carbons (Fsp3) is 0.211. The van der Waals surface area contributed by atoms with Crippen molar-refractivity contribution in [2.24, 2.45) is 0 Å². The van der Waals surface area contributed by atoms with Crippen molar-refractivity contribution in [2.75, 3.05) is 6.61 Å². The molecule has 2 aromatic carbocycles. The Morgan fingerprint density at radius 1 is 1.04 bits per heavy atom. The van der Waals surface area contributed by atoms with E-state index < -0.39 is 0 Å². The summed E-state index contributed by atoms with van der Waals surface area (Å²) in [5.41, 5.74) is 1.77. The highest BCUT2D eigenvalue weighted by Gasteiger charge is 2.16. The number of nitrogens with zero attached hydrogens (tertiary/aromatic N) is 1. The molecule has 118 valence electrons. The maximum atomic E-state index is 9.28. The van der Waals surface area contributed by atoms with Gasteiger partial charge in [-0.25, -0.2) is 4.98 Å². The molecule has 0 aliphatic rings. The first kappa shape index (κ1) is 15.8. The minimum Gasteiger partial charge on any atom is -0.441 e. The molecule has 0 amide bonds. The van der Waals surface area contributed by atoms with E-state index in [0.717, 1.165) is 17.0 Å². The second-order valence-corrected chi connectivity index (χ2v) is 6.63. The van der Waals surface area contributed by atoms with E-state index in [1.165, 1.54) is 9.79 Å². The van der Waals surface area contributed by atoms with Gasteiger partial charge >= 0.3 is 0 Å². The predicted octanol–water partition coefficient (Wildman–Crippen LogP) is 4.90. The van der Waals surface area contributed by atoms with Gasteiger partial charge in [0.25, 0.3) is 0 Å². The van der Waals surface area contributed by atoms with Gasteiger partial charge in [0.05, 0.1) is 12.3 Å². The van der Waals surface area contributed by atoms with E-state index in [-0.39, 0.29) is 12.5 Å². The average Bonchev–Trinajstić information content (AvgIpc) is 2.97. The minimum absolute atomic E-state index is 0.0135. The fourth-order valence-corrected chi connectivity index (χ4v) is 3.20. The van der Waals surface area contributed by atoms with Crippen LogP contribution in [-0.2, 0) is 0 Å². The van der Waals surface area contributed by atoms with Gasteiger partial charge in [-0.05, 0) is 43.3 Å². The number of aliphatic hydroxyl groups is 1. The number of rotatable bonds is 5. The third kappa shape index (κ3) is 3.66. The van der Waals surface area contributed by atoms with E-state index in [2.05, 4.69) is 29.2 Å². The Labute approximate surface area is 140 Å². The van der Waals surface area contributed by atoms with Crippen LogP contribution in [0.3, 0.4) is 0 Å². The van der Waals surface area contributed by atoms with Gasteiger partial charge in [0, 0.05) is 21.3 Å². The molecule has 3 rings (SSSR count). The number of aryl methyl sites for hydroxylation is 1. The van der Waals surface area contributed by atoms with Crippen LogP contribution < -0.4 is 0 Å². The molecule has 0 fully saturated rings. The molecule has 1 heterocycles. The zero-order valence-corrected chi connectivity index (χ0v) is 14.0. The number of hydrogen-bond acceptors (Lipinski definition) is 4. The van der Waals surface area contributed by atoms with Gasteiger partial charge in [-0.1, -0.05) is 36.9 Å². The molecule has 0 spiro atoms. The van der Waals surface area contributed by atoms with Crippen LogP contribution in [0.1, 0.15) is 24.3 Å². The van der Waals surface area contributed by atoms with E-state index in [1.807, 2.05) is 44.2 Å². The van der Waals surface area contributed by atoms with Crippen LogP contribution in [0.15, 0.2) is 68.8 Å². The largest absolute Gasteiger partial charge is 0.441 e. The number of benzene rings is 2. The Hall–Kier alpha value is -2.04. The monoisotopic (exact) mass is 325 g/mol. The maximum absolute atomic E-state index is 9.28. The third-order valence-electron chi connectivity index (χ3n) is 3.65. The van der Waals surface area contributed by atoms with Crippen LogP contribution in [0, 0.1) is 6.92 Å². The van der Waals surface area contributed by atoms with Gasteiger partial charge < -0.3 is 9.52 Å². The van der Waals surface area contributed by atoms with Crippen LogP contribution >= 0.6 is 11.8 Å². The summed E-state index contributed by atoms with van der Waals surface area (Å²) in [6.07, 6.45) is 0. The average molecular weight is 325 g/mol. The summed E-state index contributed by atoms with van der Waals surface area (Å²) in [4.78, 5) is 6.92.